The molecule has 5 nitrogen and oxygen atoms in total. The molecule has 30 heavy (non-hydrogen) atoms. The van der Waals surface area contributed by atoms with Gasteiger partial charge >= 0.3 is 6.18 Å². The Morgan fingerprint density at radius 3 is 2.47 bits per heavy atom. The summed E-state index contributed by atoms with van der Waals surface area (Å²) in [5.74, 6) is -0.724. The van der Waals surface area contributed by atoms with Gasteiger partial charge in [-0.3, -0.25) is 9.79 Å². The molecule has 162 valence electrons. The molecule has 2 N–H and O–H groups in total. The largest absolute Gasteiger partial charge is 0.416 e. The molecule has 0 spiro atoms. The molecule has 9 heteroatoms. The van der Waals surface area contributed by atoms with E-state index in [0.717, 1.165) is 17.7 Å². The molecule has 0 aliphatic heterocycles. The smallest absolute Gasteiger partial charge is 0.356 e. The van der Waals surface area contributed by atoms with Crippen LogP contribution in [0.5, 0.6) is 0 Å². The fourth-order valence-corrected chi connectivity index (χ4v) is 2.81. The number of carbonyl (C=O) groups excluding carboxylic acids is 1. The van der Waals surface area contributed by atoms with Gasteiger partial charge < -0.3 is 15.5 Å². The molecular formula is C21H24F4N4O. The van der Waals surface area contributed by atoms with Crippen LogP contribution in [-0.2, 0) is 19.1 Å². The summed E-state index contributed by atoms with van der Waals surface area (Å²) >= 11 is 0. The number of alkyl halides is 3. The molecule has 0 saturated carbocycles. The number of carbonyl (C=O) groups is 1. The molecule has 0 aliphatic carbocycles. The Hall–Kier alpha value is -3.10. The number of halogens is 4. The van der Waals surface area contributed by atoms with Crippen LogP contribution in [0.15, 0.2) is 47.5 Å². The highest BCUT2D eigenvalue weighted by atomic mass is 19.4. The second-order valence-electron chi connectivity index (χ2n) is 6.80. The molecule has 0 bridgehead atoms. The molecular weight excluding hydrogens is 400 g/mol. The van der Waals surface area contributed by atoms with Crippen LogP contribution in [0.4, 0.5) is 17.6 Å². The van der Waals surface area contributed by atoms with Crippen LogP contribution < -0.4 is 10.6 Å². The van der Waals surface area contributed by atoms with E-state index in [9.17, 15) is 22.4 Å². The number of nitrogens with one attached hydrogen (secondary N) is 2. The number of hydrogen-bond acceptors (Lipinski definition) is 2. The molecule has 0 fully saturated rings. The van der Waals surface area contributed by atoms with Crippen molar-refractivity contribution in [3.8, 4) is 0 Å². The van der Waals surface area contributed by atoms with Gasteiger partial charge in [0.2, 0.25) is 0 Å². The first kappa shape index (κ1) is 23.2. The minimum Gasteiger partial charge on any atom is -0.356 e. The van der Waals surface area contributed by atoms with Crippen molar-refractivity contribution in [2.45, 2.75) is 19.1 Å². The van der Waals surface area contributed by atoms with Gasteiger partial charge in [-0.05, 0) is 41.8 Å². The third-order valence-corrected chi connectivity index (χ3v) is 4.33. The van der Waals surface area contributed by atoms with Crippen LogP contribution in [0, 0.1) is 5.82 Å². The Bertz CT molecular complexity index is 910. The van der Waals surface area contributed by atoms with Crippen molar-refractivity contribution in [2.24, 2.45) is 4.99 Å². The van der Waals surface area contributed by atoms with Crippen molar-refractivity contribution in [3.63, 3.8) is 0 Å². The summed E-state index contributed by atoms with van der Waals surface area (Å²) in [5, 5.41) is 5.82. The number of amides is 1. The van der Waals surface area contributed by atoms with Gasteiger partial charge in [-0.2, -0.15) is 13.2 Å². The third-order valence-electron chi connectivity index (χ3n) is 4.33. The molecule has 0 aromatic heterocycles. The van der Waals surface area contributed by atoms with E-state index in [1.54, 1.807) is 32.3 Å². The third kappa shape index (κ3) is 6.47. The van der Waals surface area contributed by atoms with Crippen molar-refractivity contribution in [1.82, 2.24) is 15.5 Å². The predicted molar refractivity (Wildman–Crippen MR) is 108 cm³/mol. The van der Waals surface area contributed by atoms with Crippen LogP contribution in [0.1, 0.15) is 27.0 Å². The van der Waals surface area contributed by atoms with Crippen LogP contribution in [0.2, 0.25) is 0 Å². The highest BCUT2D eigenvalue weighted by molar-refractivity contribution is 5.94. The fourth-order valence-electron chi connectivity index (χ4n) is 2.81. The standard InChI is InChI=1S/C21H24F4N4O/c1-26-20(28-13-16-7-8-17(22)12-18(16)21(23,24)25)27-10-9-14-5-4-6-15(11-14)19(30)29(2)3/h4-8,11-12H,9-10,13H2,1-3H3,(H2,26,27,28). The summed E-state index contributed by atoms with van der Waals surface area (Å²) in [6.45, 7) is 0.288. The lowest BCUT2D eigenvalue weighted by atomic mass is 10.1. The lowest BCUT2D eigenvalue weighted by Gasteiger charge is -2.16. The van der Waals surface area contributed by atoms with E-state index in [1.807, 2.05) is 6.07 Å². The summed E-state index contributed by atoms with van der Waals surface area (Å²) in [6, 6.07) is 9.80. The first-order valence-corrected chi connectivity index (χ1v) is 9.22. The van der Waals surface area contributed by atoms with E-state index in [1.165, 1.54) is 11.9 Å². The molecule has 0 heterocycles. The lowest BCUT2D eigenvalue weighted by molar-refractivity contribution is -0.138. The quantitative estimate of drug-likeness (QED) is 0.424. The van der Waals surface area contributed by atoms with E-state index in [-0.39, 0.29) is 18.0 Å². The van der Waals surface area contributed by atoms with Crippen LogP contribution in [0.25, 0.3) is 0 Å². The second kappa shape index (κ2) is 10.1. The van der Waals surface area contributed by atoms with Gasteiger partial charge in [-0.1, -0.05) is 18.2 Å². The number of hydrogen-bond donors (Lipinski definition) is 2. The SMILES string of the molecule is CN=C(NCCc1cccc(C(=O)N(C)C)c1)NCc1ccc(F)cc1C(F)(F)F. The monoisotopic (exact) mass is 424 g/mol. The maximum Gasteiger partial charge on any atom is 0.416 e. The van der Waals surface area contributed by atoms with E-state index in [0.29, 0.717) is 30.6 Å². The minimum atomic E-state index is -4.65. The molecule has 2 aromatic carbocycles. The molecule has 2 rings (SSSR count). The van der Waals surface area contributed by atoms with E-state index < -0.39 is 17.6 Å². The zero-order chi connectivity index (χ0) is 22.3. The van der Waals surface area contributed by atoms with Crippen molar-refractivity contribution in [2.75, 3.05) is 27.7 Å². The molecule has 0 atom stereocenters. The minimum absolute atomic E-state index is 0.0817. The number of guanidine groups is 1. The average molecular weight is 424 g/mol. The van der Waals surface area contributed by atoms with Crippen LogP contribution in [-0.4, -0.2) is 44.5 Å². The number of rotatable bonds is 6. The first-order chi connectivity index (χ1) is 14.1. The highest BCUT2D eigenvalue weighted by Gasteiger charge is 2.33. The summed E-state index contributed by atoms with van der Waals surface area (Å²) in [5.41, 5.74) is 0.411. The van der Waals surface area contributed by atoms with Crippen LogP contribution in [0.3, 0.4) is 0 Å². The number of nitrogens with zero attached hydrogens (tertiary/aromatic N) is 2. The summed E-state index contributed by atoms with van der Waals surface area (Å²) in [7, 11) is 4.86. The molecule has 0 saturated heterocycles. The van der Waals surface area contributed by atoms with Crippen molar-refractivity contribution in [3.05, 3.63) is 70.5 Å². The molecule has 2 aromatic rings. The van der Waals surface area contributed by atoms with Gasteiger partial charge in [-0.15, -0.1) is 0 Å². The van der Waals surface area contributed by atoms with Crippen molar-refractivity contribution in [1.29, 1.82) is 0 Å². The summed E-state index contributed by atoms with van der Waals surface area (Å²) in [4.78, 5) is 17.5. The van der Waals surface area contributed by atoms with Gasteiger partial charge in [0.1, 0.15) is 5.82 Å². The molecule has 0 unspecified atom stereocenters. The van der Waals surface area contributed by atoms with Gasteiger partial charge in [0.15, 0.2) is 5.96 Å². The maximum atomic E-state index is 13.2. The Morgan fingerprint density at radius 2 is 1.83 bits per heavy atom. The molecule has 0 aliphatic rings. The second-order valence-corrected chi connectivity index (χ2v) is 6.80. The fraction of sp³-hybridized carbons (Fsp3) is 0.333. The number of aliphatic imine (C=N–C) groups is 1. The molecule has 0 radical (unpaired) electrons. The van der Waals surface area contributed by atoms with E-state index >= 15 is 0 Å². The predicted octanol–water partition coefficient (Wildman–Crippen LogP) is 3.45. The van der Waals surface area contributed by atoms with Crippen molar-refractivity contribution < 1.29 is 22.4 Å². The Kier molecular flexibility index (Phi) is 7.79. The Labute approximate surface area is 172 Å². The normalized spacial score (nSPS) is 11.9. The Morgan fingerprint density at radius 1 is 1.10 bits per heavy atom. The van der Waals surface area contributed by atoms with Gasteiger partial charge in [-0.25, -0.2) is 4.39 Å². The zero-order valence-corrected chi connectivity index (χ0v) is 17.0. The first-order valence-electron chi connectivity index (χ1n) is 9.22. The Balaban J connectivity index is 1.94. The van der Waals surface area contributed by atoms with Gasteiger partial charge in [0, 0.05) is 39.8 Å². The van der Waals surface area contributed by atoms with Crippen LogP contribution >= 0.6 is 0 Å². The highest BCUT2D eigenvalue weighted by Crippen LogP contribution is 2.32. The molecule has 1 amide bonds. The topological polar surface area (TPSA) is 56.7 Å². The van der Waals surface area contributed by atoms with E-state index in [2.05, 4.69) is 15.6 Å². The van der Waals surface area contributed by atoms with Gasteiger partial charge in [0.05, 0.1) is 5.56 Å². The van der Waals surface area contributed by atoms with Gasteiger partial charge in [0.25, 0.3) is 5.91 Å². The van der Waals surface area contributed by atoms with E-state index in [4.69, 9.17) is 0 Å². The van der Waals surface area contributed by atoms with Crippen molar-refractivity contribution >= 4 is 11.9 Å². The summed E-state index contributed by atoms with van der Waals surface area (Å²) in [6.07, 6.45) is -4.06. The lowest BCUT2D eigenvalue weighted by Crippen LogP contribution is -2.38. The number of benzene rings is 2. The average Bonchev–Trinajstić information content (AvgIpc) is 2.70. The maximum absolute atomic E-state index is 13.2. The zero-order valence-electron chi connectivity index (χ0n) is 17.0. The summed E-state index contributed by atoms with van der Waals surface area (Å²) < 4.78 is 52.5.